The summed E-state index contributed by atoms with van der Waals surface area (Å²) < 4.78 is 18.5. The van der Waals surface area contributed by atoms with Crippen molar-refractivity contribution in [2.45, 2.75) is 25.0 Å². The molecule has 0 spiro atoms. The quantitative estimate of drug-likeness (QED) is 0.564. The van der Waals surface area contributed by atoms with Gasteiger partial charge in [0.15, 0.2) is 0 Å². The van der Waals surface area contributed by atoms with Crippen LogP contribution in [-0.2, 0) is 11.3 Å². The van der Waals surface area contributed by atoms with Gasteiger partial charge in [0.25, 0.3) is 0 Å². The van der Waals surface area contributed by atoms with Crippen molar-refractivity contribution in [2.75, 3.05) is 33.3 Å². The summed E-state index contributed by atoms with van der Waals surface area (Å²) in [6, 6.07) is 14.2. The minimum Gasteiger partial charge on any atom is -0.497 e. The van der Waals surface area contributed by atoms with Crippen molar-refractivity contribution in [3.8, 4) is 17.0 Å². The predicted molar refractivity (Wildman–Crippen MR) is 130 cm³/mol. The Labute approximate surface area is 202 Å². The lowest BCUT2D eigenvalue weighted by Gasteiger charge is -2.35. The van der Waals surface area contributed by atoms with E-state index in [1.165, 1.54) is 12.1 Å². The van der Waals surface area contributed by atoms with Crippen LogP contribution in [0.15, 0.2) is 53.9 Å². The predicted octanol–water partition coefficient (Wildman–Crippen LogP) is 3.21. The van der Waals surface area contributed by atoms with Gasteiger partial charge < -0.3 is 9.64 Å². The van der Waals surface area contributed by atoms with Crippen LogP contribution in [0.2, 0.25) is 0 Å². The molecule has 2 aliphatic heterocycles. The fraction of sp³-hybridized carbons (Fsp3) is 0.360. The van der Waals surface area contributed by atoms with E-state index in [1.807, 2.05) is 34.5 Å². The lowest BCUT2D eigenvalue weighted by molar-refractivity contribution is -0.135. The number of nitrogens with one attached hydrogen (secondary N) is 2. The van der Waals surface area contributed by atoms with Crippen LogP contribution in [-0.4, -0.2) is 60.0 Å². The number of aromatic nitrogens is 1. The first-order chi connectivity index (χ1) is 16.6. The number of methoxy groups -OCH3 is 1. The Kier molecular flexibility index (Phi) is 6.87. The Bertz CT molecular complexity index is 1130. The molecular formula is C25H28FN5O2S. The molecule has 1 amide bonds. The summed E-state index contributed by atoms with van der Waals surface area (Å²) >= 11 is 1.62. The smallest absolute Gasteiger partial charge is 0.241 e. The van der Waals surface area contributed by atoms with Gasteiger partial charge in [0, 0.05) is 43.2 Å². The maximum atomic E-state index is 13.2. The Balaban J connectivity index is 1.11. The van der Waals surface area contributed by atoms with Crippen LogP contribution in [0.1, 0.15) is 23.0 Å². The molecule has 34 heavy (non-hydrogen) atoms. The number of ether oxygens (including phenoxy) is 1. The van der Waals surface area contributed by atoms with Gasteiger partial charge in [0.1, 0.15) is 22.6 Å². The highest BCUT2D eigenvalue weighted by atomic mass is 32.1. The van der Waals surface area contributed by atoms with Gasteiger partial charge in [0.2, 0.25) is 5.91 Å². The van der Waals surface area contributed by atoms with Crippen molar-refractivity contribution in [3.05, 3.63) is 70.3 Å². The highest BCUT2D eigenvalue weighted by Gasteiger charge is 2.34. The van der Waals surface area contributed by atoms with E-state index in [0.717, 1.165) is 47.2 Å². The number of carbonyl (C=O) groups is 1. The molecule has 0 aliphatic carbocycles. The first kappa shape index (κ1) is 22.9. The highest BCUT2D eigenvalue weighted by Crippen LogP contribution is 2.27. The normalized spacial score (nSPS) is 21.1. The first-order valence-electron chi connectivity index (χ1n) is 11.5. The number of nitrogens with zero attached hydrogens (tertiary/aromatic N) is 3. The second kappa shape index (κ2) is 10.2. The first-order valence-corrected chi connectivity index (χ1v) is 12.3. The fourth-order valence-corrected chi connectivity index (χ4v) is 5.31. The standard InChI is InChI=1S/C25H28FN5O2S/c1-33-20-4-2-3-18(13-20)21-14-22(29-28-21)25(32)31-11-9-30(10-12-31)15-24-27-23(16-34-24)17-5-7-19(26)8-6-17/h2-8,13,16,21-22,28-29H,9-12,14-15H2,1H3. The molecule has 2 unspecified atom stereocenters. The zero-order valence-electron chi connectivity index (χ0n) is 19.0. The molecule has 178 valence electrons. The minimum absolute atomic E-state index is 0.0746. The molecule has 2 saturated heterocycles. The zero-order valence-corrected chi connectivity index (χ0v) is 19.9. The summed E-state index contributed by atoms with van der Waals surface area (Å²) in [6.07, 6.45) is 0.706. The second-order valence-corrected chi connectivity index (χ2v) is 9.58. The average molecular weight is 482 g/mol. The Morgan fingerprint density at radius 2 is 1.94 bits per heavy atom. The average Bonchev–Trinajstić information content (AvgIpc) is 3.55. The molecule has 3 aromatic rings. The molecule has 2 aromatic carbocycles. The molecule has 9 heteroatoms. The molecule has 1 aromatic heterocycles. The van der Waals surface area contributed by atoms with Crippen molar-refractivity contribution < 1.29 is 13.9 Å². The van der Waals surface area contributed by atoms with Crippen LogP contribution >= 0.6 is 11.3 Å². The largest absolute Gasteiger partial charge is 0.497 e. The highest BCUT2D eigenvalue weighted by molar-refractivity contribution is 7.09. The van der Waals surface area contributed by atoms with E-state index in [-0.39, 0.29) is 23.8 Å². The number of thiazole rings is 1. The Morgan fingerprint density at radius 1 is 1.15 bits per heavy atom. The topological polar surface area (TPSA) is 69.7 Å². The number of halogens is 1. The number of amides is 1. The summed E-state index contributed by atoms with van der Waals surface area (Å²) in [4.78, 5) is 22.1. The van der Waals surface area contributed by atoms with E-state index < -0.39 is 0 Å². The molecule has 2 fully saturated rings. The van der Waals surface area contributed by atoms with Crippen molar-refractivity contribution >= 4 is 17.2 Å². The number of benzene rings is 2. The molecule has 2 atom stereocenters. The zero-order chi connectivity index (χ0) is 23.5. The molecule has 0 radical (unpaired) electrons. The SMILES string of the molecule is COc1cccc(C2CC(C(=O)N3CCN(Cc4nc(-c5ccc(F)cc5)cs4)CC3)NN2)c1. The van der Waals surface area contributed by atoms with E-state index in [2.05, 4.69) is 15.8 Å². The van der Waals surface area contributed by atoms with Crippen molar-refractivity contribution in [1.29, 1.82) is 0 Å². The maximum Gasteiger partial charge on any atom is 0.241 e. The van der Waals surface area contributed by atoms with Crippen LogP contribution < -0.4 is 15.6 Å². The monoisotopic (exact) mass is 481 g/mol. The van der Waals surface area contributed by atoms with Crippen LogP contribution in [0.3, 0.4) is 0 Å². The van der Waals surface area contributed by atoms with Gasteiger partial charge in [0.05, 0.1) is 19.3 Å². The van der Waals surface area contributed by atoms with Crippen molar-refractivity contribution in [2.24, 2.45) is 0 Å². The van der Waals surface area contributed by atoms with Crippen molar-refractivity contribution in [1.82, 2.24) is 25.6 Å². The van der Waals surface area contributed by atoms with E-state index >= 15 is 0 Å². The van der Waals surface area contributed by atoms with Crippen LogP contribution in [0, 0.1) is 5.82 Å². The Hall–Kier alpha value is -2.85. The molecule has 2 N–H and O–H groups in total. The molecule has 5 rings (SSSR count). The van der Waals surface area contributed by atoms with Gasteiger partial charge in [-0.1, -0.05) is 12.1 Å². The molecule has 3 heterocycles. The van der Waals surface area contributed by atoms with E-state index in [9.17, 15) is 9.18 Å². The van der Waals surface area contributed by atoms with Gasteiger partial charge in [-0.15, -0.1) is 11.3 Å². The lowest BCUT2D eigenvalue weighted by atomic mass is 10.0. The van der Waals surface area contributed by atoms with Gasteiger partial charge in [-0.3, -0.25) is 9.69 Å². The summed E-state index contributed by atoms with van der Waals surface area (Å²) in [5, 5.41) is 3.04. The molecule has 0 saturated carbocycles. The van der Waals surface area contributed by atoms with E-state index in [4.69, 9.17) is 9.72 Å². The molecule has 0 bridgehead atoms. The summed E-state index contributed by atoms with van der Waals surface area (Å²) in [5.41, 5.74) is 9.35. The lowest BCUT2D eigenvalue weighted by Crippen LogP contribution is -2.53. The van der Waals surface area contributed by atoms with Gasteiger partial charge in [-0.25, -0.2) is 20.2 Å². The fourth-order valence-electron chi connectivity index (χ4n) is 4.47. The number of hydrogen-bond acceptors (Lipinski definition) is 7. The van der Waals surface area contributed by atoms with E-state index in [1.54, 1.807) is 30.6 Å². The third-order valence-corrected chi connectivity index (χ3v) is 7.27. The summed E-state index contributed by atoms with van der Waals surface area (Å²) in [6.45, 7) is 3.80. The number of hydrazine groups is 1. The molecular weight excluding hydrogens is 453 g/mol. The summed E-state index contributed by atoms with van der Waals surface area (Å²) in [5.74, 6) is 0.714. The van der Waals surface area contributed by atoms with E-state index in [0.29, 0.717) is 19.5 Å². The van der Waals surface area contributed by atoms with Gasteiger partial charge in [-0.05, 0) is 48.4 Å². The van der Waals surface area contributed by atoms with Gasteiger partial charge >= 0.3 is 0 Å². The summed E-state index contributed by atoms with van der Waals surface area (Å²) in [7, 11) is 1.66. The van der Waals surface area contributed by atoms with Crippen LogP contribution in [0.5, 0.6) is 5.75 Å². The number of rotatable bonds is 6. The second-order valence-electron chi connectivity index (χ2n) is 8.64. The third-order valence-electron chi connectivity index (χ3n) is 6.43. The van der Waals surface area contributed by atoms with Gasteiger partial charge in [-0.2, -0.15) is 0 Å². The van der Waals surface area contributed by atoms with Crippen molar-refractivity contribution in [3.63, 3.8) is 0 Å². The van der Waals surface area contributed by atoms with Crippen LogP contribution in [0.4, 0.5) is 4.39 Å². The molecule has 2 aliphatic rings. The third kappa shape index (κ3) is 5.12. The minimum atomic E-state index is -0.244. The Morgan fingerprint density at radius 3 is 2.71 bits per heavy atom. The number of hydrogen-bond donors (Lipinski definition) is 2. The van der Waals surface area contributed by atoms with Crippen LogP contribution in [0.25, 0.3) is 11.3 Å². The molecule has 7 nitrogen and oxygen atoms in total. The number of carbonyl (C=O) groups excluding carboxylic acids is 1. The number of piperazine rings is 1. The maximum absolute atomic E-state index is 13.2.